The van der Waals surface area contributed by atoms with Crippen LogP contribution in [0.25, 0.3) is 0 Å². The first-order chi connectivity index (χ1) is 13.7. The number of hydroxylamine groups is 2. The second-order valence-electron chi connectivity index (χ2n) is 7.23. The predicted molar refractivity (Wildman–Crippen MR) is 101 cm³/mol. The zero-order valence-electron chi connectivity index (χ0n) is 15.8. The number of carbonyl (C=O) groups excluding carboxylic acids is 1. The maximum absolute atomic E-state index is 13.1. The van der Waals surface area contributed by atoms with Crippen molar-refractivity contribution < 1.29 is 9.63 Å². The fourth-order valence-corrected chi connectivity index (χ4v) is 3.87. The molecule has 0 N–H and O–H groups in total. The van der Waals surface area contributed by atoms with Crippen LogP contribution in [-0.4, -0.2) is 45.6 Å². The number of nitriles is 1. The molecule has 2 aliphatic rings. The number of piperidine rings is 1. The first-order valence-electron chi connectivity index (χ1n) is 9.50. The number of hydrogen-bond acceptors (Lipinski definition) is 7. The quantitative estimate of drug-likeness (QED) is 0.808. The van der Waals surface area contributed by atoms with Crippen molar-refractivity contribution in [2.75, 3.05) is 24.6 Å². The Labute approximate surface area is 163 Å². The minimum absolute atomic E-state index is 0.0454. The maximum Gasteiger partial charge on any atom is 0.249 e. The van der Waals surface area contributed by atoms with Gasteiger partial charge < -0.3 is 4.90 Å². The van der Waals surface area contributed by atoms with Gasteiger partial charge in [-0.15, -0.1) is 0 Å². The molecule has 0 spiro atoms. The van der Waals surface area contributed by atoms with Crippen LogP contribution in [-0.2, 0) is 9.63 Å². The van der Waals surface area contributed by atoms with Crippen LogP contribution in [0.3, 0.4) is 0 Å². The third-order valence-corrected chi connectivity index (χ3v) is 5.34. The topological polar surface area (TPSA) is 95.2 Å². The lowest BCUT2D eigenvalue weighted by Crippen LogP contribution is -2.42. The number of carbonyl (C=O) groups is 1. The monoisotopic (exact) mass is 378 g/mol. The average Bonchev–Trinajstić information content (AvgIpc) is 3.23. The van der Waals surface area contributed by atoms with Crippen LogP contribution in [0, 0.1) is 24.2 Å². The molecule has 4 heterocycles. The highest BCUT2D eigenvalue weighted by molar-refractivity contribution is 5.79. The van der Waals surface area contributed by atoms with Crippen LogP contribution in [0.2, 0.25) is 0 Å². The van der Waals surface area contributed by atoms with Crippen molar-refractivity contribution in [2.24, 2.45) is 5.92 Å². The molecule has 0 aliphatic carbocycles. The number of amides is 1. The standard InChI is InChI=1S/C20H22N6O2/c1-14-8-16(12-22-11-14)18-4-7-28-26(18)20(27)15-2-5-25(6-3-15)19-9-17(10-21)23-13-24-19/h8-9,11-13,15,18H,2-7H2,1H3. The predicted octanol–water partition coefficient (Wildman–Crippen LogP) is 2.17. The average molecular weight is 378 g/mol. The summed E-state index contributed by atoms with van der Waals surface area (Å²) in [6, 6.07) is 5.72. The van der Waals surface area contributed by atoms with E-state index in [9.17, 15) is 4.79 Å². The largest absolute Gasteiger partial charge is 0.356 e. The summed E-state index contributed by atoms with van der Waals surface area (Å²) in [6.45, 7) is 3.96. The lowest BCUT2D eigenvalue weighted by molar-refractivity contribution is -0.182. The Kier molecular flexibility index (Phi) is 5.17. The van der Waals surface area contributed by atoms with Crippen molar-refractivity contribution in [3.63, 3.8) is 0 Å². The summed E-state index contributed by atoms with van der Waals surface area (Å²) in [4.78, 5) is 33.3. The van der Waals surface area contributed by atoms with Gasteiger partial charge in [0.25, 0.3) is 0 Å². The van der Waals surface area contributed by atoms with E-state index in [-0.39, 0.29) is 17.9 Å². The van der Waals surface area contributed by atoms with Crippen molar-refractivity contribution in [1.82, 2.24) is 20.0 Å². The van der Waals surface area contributed by atoms with Crippen LogP contribution in [0.1, 0.15) is 42.1 Å². The molecule has 8 heteroatoms. The Morgan fingerprint density at radius 1 is 1.21 bits per heavy atom. The number of hydrogen-bond donors (Lipinski definition) is 0. The summed E-state index contributed by atoms with van der Waals surface area (Å²) in [5.74, 6) is 0.703. The lowest BCUT2D eigenvalue weighted by atomic mass is 9.94. The molecule has 2 aromatic rings. The Bertz CT molecular complexity index is 904. The van der Waals surface area contributed by atoms with Gasteiger partial charge in [-0.05, 0) is 30.9 Å². The minimum Gasteiger partial charge on any atom is -0.356 e. The number of aryl methyl sites for hydroxylation is 1. The van der Waals surface area contributed by atoms with Gasteiger partial charge in [-0.2, -0.15) is 5.26 Å². The van der Waals surface area contributed by atoms with Gasteiger partial charge in [-0.25, -0.2) is 15.0 Å². The molecular formula is C20H22N6O2. The van der Waals surface area contributed by atoms with E-state index >= 15 is 0 Å². The zero-order chi connectivity index (χ0) is 19.5. The summed E-state index contributed by atoms with van der Waals surface area (Å²) < 4.78 is 0. The van der Waals surface area contributed by atoms with Gasteiger partial charge >= 0.3 is 0 Å². The molecule has 1 unspecified atom stereocenters. The van der Waals surface area contributed by atoms with Gasteiger partial charge in [0.05, 0.1) is 12.6 Å². The number of pyridine rings is 1. The minimum atomic E-state index is -0.0770. The summed E-state index contributed by atoms with van der Waals surface area (Å²) in [7, 11) is 0. The van der Waals surface area contributed by atoms with E-state index < -0.39 is 0 Å². The maximum atomic E-state index is 13.1. The number of nitrogens with zero attached hydrogens (tertiary/aromatic N) is 6. The molecule has 2 fully saturated rings. The highest BCUT2D eigenvalue weighted by Crippen LogP contribution is 2.33. The molecule has 0 radical (unpaired) electrons. The molecule has 2 saturated heterocycles. The third-order valence-electron chi connectivity index (χ3n) is 5.34. The number of rotatable bonds is 3. The van der Waals surface area contributed by atoms with Crippen LogP contribution in [0.5, 0.6) is 0 Å². The second kappa shape index (κ2) is 7.90. The van der Waals surface area contributed by atoms with E-state index in [0.29, 0.717) is 25.4 Å². The van der Waals surface area contributed by atoms with Crippen molar-refractivity contribution in [3.05, 3.63) is 47.7 Å². The van der Waals surface area contributed by atoms with E-state index in [0.717, 1.165) is 36.2 Å². The Balaban J connectivity index is 1.41. The van der Waals surface area contributed by atoms with Crippen molar-refractivity contribution in [3.8, 4) is 6.07 Å². The molecule has 0 bridgehead atoms. The molecule has 144 valence electrons. The SMILES string of the molecule is Cc1cncc(C2CCON2C(=O)C2CCN(c3cc(C#N)ncn3)CC2)c1. The molecule has 0 saturated carbocycles. The van der Waals surface area contributed by atoms with Crippen molar-refractivity contribution in [2.45, 2.75) is 32.2 Å². The van der Waals surface area contributed by atoms with Crippen LogP contribution in [0.15, 0.2) is 30.9 Å². The molecule has 2 aliphatic heterocycles. The third kappa shape index (κ3) is 3.66. The fourth-order valence-electron chi connectivity index (χ4n) is 3.87. The van der Waals surface area contributed by atoms with Gasteiger partial charge in [-0.1, -0.05) is 6.07 Å². The van der Waals surface area contributed by atoms with Gasteiger partial charge in [0.2, 0.25) is 5.91 Å². The number of aromatic nitrogens is 3. The Morgan fingerprint density at radius 2 is 2.04 bits per heavy atom. The van der Waals surface area contributed by atoms with Gasteiger partial charge in [-0.3, -0.25) is 14.6 Å². The zero-order valence-corrected chi connectivity index (χ0v) is 15.8. The van der Waals surface area contributed by atoms with Gasteiger partial charge in [0.15, 0.2) is 0 Å². The van der Waals surface area contributed by atoms with Gasteiger partial charge in [0, 0.05) is 43.9 Å². The fraction of sp³-hybridized carbons (Fsp3) is 0.450. The van der Waals surface area contributed by atoms with Crippen LogP contribution >= 0.6 is 0 Å². The van der Waals surface area contributed by atoms with Crippen molar-refractivity contribution >= 4 is 11.7 Å². The second-order valence-corrected chi connectivity index (χ2v) is 7.23. The molecule has 2 aromatic heterocycles. The van der Waals surface area contributed by atoms with E-state index in [2.05, 4.69) is 25.9 Å². The highest BCUT2D eigenvalue weighted by atomic mass is 16.7. The summed E-state index contributed by atoms with van der Waals surface area (Å²) in [6.07, 6.45) is 7.27. The Morgan fingerprint density at radius 3 is 2.79 bits per heavy atom. The van der Waals surface area contributed by atoms with Crippen molar-refractivity contribution in [1.29, 1.82) is 5.26 Å². The van der Waals surface area contributed by atoms with E-state index in [1.54, 1.807) is 11.1 Å². The smallest absolute Gasteiger partial charge is 0.249 e. The molecule has 1 atom stereocenters. The summed E-state index contributed by atoms with van der Waals surface area (Å²) in [5.41, 5.74) is 2.45. The summed E-state index contributed by atoms with van der Waals surface area (Å²) in [5, 5.41) is 10.6. The Hall–Kier alpha value is -3.05. The van der Waals surface area contributed by atoms with Crippen LogP contribution < -0.4 is 4.90 Å². The molecule has 4 rings (SSSR count). The summed E-state index contributed by atoms with van der Waals surface area (Å²) >= 11 is 0. The highest BCUT2D eigenvalue weighted by Gasteiger charge is 2.37. The first-order valence-corrected chi connectivity index (χ1v) is 9.50. The molecule has 0 aromatic carbocycles. The molecule has 8 nitrogen and oxygen atoms in total. The van der Waals surface area contributed by atoms with Crippen LogP contribution in [0.4, 0.5) is 5.82 Å². The van der Waals surface area contributed by atoms with Gasteiger partial charge in [0.1, 0.15) is 23.9 Å². The number of anilines is 1. The normalized spacial score (nSPS) is 20.2. The van der Waals surface area contributed by atoms with E-state index in [1.807, 2.05) is 25.4 Å². The molecule has 28 heavy (non-hydrogen) atoms. The lowest BCUT2D eigenvalue weighted by Gasteiger charge is -2.34. The first kappa shape index (κ1) is 18.3. The van der Waals surface area contributed by atoms with E-state index in [4.69, 9.17) is 10.1 Å². The van der Waals surface area contributed by atoms with E-state index in [1.165, 1.54) is 6.33 Å². The molecular weight excluding hydrogens is 356 g/mol. The molecule has 1 amide bonds.